The summed E-state index contributed by atoms with van der Waals surface area (Å²) in [5, 5.41) is 18.1. The molecule has 28 heavy (non-hydrogen) atoms. The van der Waals surface area contributed by atoms with Gasteiger partial charge in [-0.3, -0.25) is 4.79 Å². The molecule has 0 aliphatic rings. The highest BCUT2D eigenvalue weighted by Gasteiger charge is 2.16. The fraction of sp³-hybridized carbons (Fsp3) is 0.650. The monoisotopic (exact) mass is 459 g/mol. The van der Waals surface area contributed by atoms with Crippen molar-refractivity contribution in [3.05, 3.63) is 22.2 Å². The second kappa shape index (κ2) is 13.0. The van der Waals surface area contributed by atoms with Gasteiger partial charge < -0.3 is 30.5 Å². The number of aliphatic hydroxyl groups is 1. The molecule has 1 aromatic carbocycles. The van der Waals surface area contributed by atoms with Crippen LogP contribution in [0.3, 0.4) is 0 Å². The van der Waals surface area contributed by atoms with E-state index in [1.54, 1.807) is 0 Å². The summed E-state index contributed by atoms with van der Waals surface area (Å²) < 4.78 is 12.3. The highest BCUT2D eigenvalue weighted by molar-refractivity contribution is 9.10. The van der Waals surface area contributed by atoms with Gasteiger partial charge in [0.05, 0.1) is 13.2 Å². The number of aliphatic hydroxyl groups excluding tert-OH is 1. The molecule has 0 saturated carbocycles. The maximum absolute atomic E-state index is 12.0. The molecule has 1 aromatic rings. The lowest BCUT2D eigenvalue weighted by molar-refractivity contribution is -0.124. The van der Waals surface area contributed by atoms with E-state index in [4.69, 9.17) is 14.6 Å². The summed E-state index contributed by atoms with van der Waals surface area (Å²) in [7, 11) is 0. The van der Waals surface area contributed by atoms with Crippen LogP contribution in [0.5, 0.6) is 11.5 Å². The van der Waals surface area contributed by atoms with Crippen LogP contribution in [-0.4, -0.2) is 56.0 Å². The van der Waals surface area contributed by atoms with E-state index in [0.29, 0.717) is 31.2 Å². The smallest absolute Gasteiger partial charge is 0.258 e. The second-order valence-electron chi connectivity index (χ2n) is 7.41. The quantitative estimate of drug-likeness (QED) is 0.338. The zero-order valence-corrected chi connectivity index (χ0v) is 18.9. The summed E-state index contributed by atoms with van der Waals surface area (Å²) in [6.07, 6.45) is 0.972. The van der Waals surface area contributed by atoms with Crippen LogP contribution in [0.1, 0.15) is 39.7 Å². The first kappa shape index (κ1) is 24.7. The average molecular weight is 460 g/mol. The molecule has 0 aliphatic carbocycles. The van der Waals surface area contributed by atoms with E-state index in [2.05, 4.69) is 31.9 Å². The van der Waals surface area contributed by atoms with E-state index >= 15 is 0 Å². The number of rotatable bonds is 13. The third-order valence-corrected chi connectivity index (χ3v) is 4.34. The number of carbonyl (C=O) groups excluding carboxylic acids is 1. The molecule has 0 radical (unpaired) electrons. The van der Waals surface area contributed by atoms with Crippen molar-refractivity contribution in [2.45, 2.75) is 46.2 Å². The number of ether oxygens (including phenoxy) is 2. The average Bonchev–Trinajstić information content (AvgIpc) is 2.60. The molecule has 8 heteroatoms. The predicted molar refractivity (Wildman–Crippen MR) is 115 cm³/mol. The lowest BCUT2D eigenvalue weighted by atomic mass is 10.1. The first-order valence-corrected chi connectivity index (χ1v) is 10.5. The molecule has 4 N–H and O–H groups in total. The van der Waals surface area contributed by atoms with Crippen LogP contribution >= 0.6 is 15.9 Å². The Hall–Kier alpha value is -1.35. The summed E-state index contributed by atoms with van der Waals surface area (Å²) in [6.45, 7) is 11.3. The van der Waals surface area contributed by atoms with Gasteiger partial charge in [0.15, 0.2) is 18.1 Å². The number of hydrogen-bond acceptors (Lipinski definition) is 6. The third-order valence-electron chi connectivity index (χ3n) is 3.60. The maximum atomic E-state index is 12.0. The number of amides is 1. The van der Waals surface area contributed by atoms with E-state index in [1.165, 1.54) is 0 Å². The highest BCUT2D eigenvalue weighted by Crippen LogP contribution is 2.34. The van der Waals surface area contributed by atoms with Crippen LogP contribution in [0.25, 0.3) is 0 Å². The molecule has 0 heterocycles. The zero-order chi connectivity index (χ0) is 21.0. The largest absolute Gasteiger partial charge is 0.490 e. The second-order valence-corrected chi connectivity index (χ2v) is 8.27. The topological polar surface area (TPSA) is 91.8 Å². The molecule has 0 spiro atoms. The SMILES string of the molecule is CCOc1cc(CNCCCNCCO)c(Br)cc1OCC(=O)NC(C)(C)C. The number of hydrogen-bond donors (Lipinski definition) is 4. The van der Waals surface area contributed by atoms with Gasteiger partial charge >= 0.3 is 0 Å². The van der Waals surface area contributed by atoms with Gasteiger partial charge in [0.2, 0.25) is 0 Å². The highest BCUT2D eigenvalue weighted by atomic mass is 79.9. The molecule has 0 unspecified atom stereocenters. The summed E-state index contributed by atoms with van der Waals surface area (Å²) in [5.41, 5.74) is 0.755. The van der Waals surface area contributed by atoms with Crippen molar-refractivity contribution >= 4 is 21.8 Å². The molecule has 1 rings (SSSR count). The van der Waals surface area contributed by atoms with Crippen LogP contribution in [0.15, 0.2) is 16.6 Å². The Labute approximate surface area is 176 Å². The first-order valence-electron chi connectivity index (χ1n) is 9.68. The Bertz CT molecular complexity index is 606. The summed E-state index contributed by atoms with van der Waals surface area (Å²) in [4.78, 5) is 12.0. The van der Waals surface area contributed by atoms with E-state index in [0.717, 1.165) is 29.5 Å². The molecule has 0 aliphatic heterocycles. The molecule has 160 valence electrons. The summed E-state index contributed by atoms with van der Waals surface area (Å²) >= 11 is 3.58. The normalized spacial score (nSPS) is 11.4. The van der Waals surface area contributed by atoms with E-state index in [-0.39, 0.29) is 24.7 Å². The third kappa shape index (κ3) is 10.3. The maximum Gasteiger partial charge on any atom is 0.258 e. The van der Waals surface area contributed by atoms with Crippen molar-refractivity contribution < 1.29 is 19.4 Å². The Morgan fingerprint density at radius 3 is 2.43 bits per heavy atom. The minimum Gasteiger partial charge on any atom is -0.490 e. The van der Waals surface area contributed by atoms with Crippen molar-refractivity contribution in [1.29, 1.82) is 0 Å². The Morgan fingerprint density at radius 2 is 1.79 bits per heavy atom. The molecule has 7 nitrogen and oxygen atoms in total. The fourth-order valence-electron chi connectivity index (χ4n) is 2.46. The summed E-state index contributed by atoms with van der Waals surface area (Å²) in [6, 6.07) is 3.77. The van der Waals surface area contributed by atoms with Crippen molar-refractivity contribution in [2.75, 3.05) is 39.5 Å². The molecule has 0 fully saturated rings. The van der Waals surface area contributed by atoms with Gasteiger partial charge in [-0.15, -0.1) is 0 Å². The van der Waals surface area contributed by atoms with Crippen LogP contribution in [0.4, 0.5) is 0 Å². The fourth-order valence-corrected chi connectivity index (χ4v) is 2.92. The van der Waals surface area contributed by atoms with E-state index in [9.17, 15) is 4.79 Å². The van der Waals surface area contributed by atoms with Crippen LogP contribution in [0.2, 0.25) is 0 Å². The molecule has 0 atom stereocenters. The van der Waals surface area contributed by atoms with Gasteiger partial charge in [-0.1, -0.05) is 15.9 Å². The minimum atomic E-state index is -0.299. The van der Waals surface area contributed by atoms with Gasteiger partial charge in [-0.25, -0.2) is 0 Å². The lowest BCUT2D eigenvalue weighted by Gasteiger charge is -2.21. The van der Waals surface area contributed by atoms with Crippen LogP contribution in [-0.2, 0) is 11.3 Å². The number of halogens is 1. The molecule has 0 bridgehead atoms. The number of benzene rings is 1. The van der Waals surface area contributed by atoms with Crippen LogP contribution < -0.4 is 25.4 Å². The van der Waals surface area contributed by atoms with Gasteiger partial charge in [0.25, 0.3) is 5.91 Å². The van der Waals surface area contributed by atoms with Crippen molar-refractivity contribution in [2.24, 2.45) is 0 Å². The zero-order valence-electron chi connectivity index (χ0n) is 17.4. The summed E-state index contributed by atoms with van der Waals surface area (Å²) in [5.74, 6) is 0.983. The van der Waals surface area contributed by atoms with Gasteiger partial charge in [0.1, 0.15) is 0 Å². The van der Waals surface area contributed by atoms with E-state index in [1.807, 2.05) is 39.8 Å². The lowest BCUT2D eigenvalue weighted by Crippen LogP contribution is -2.43. The molecular weight excluding hydrogens is 426 g/mol. The Balaban J connectivity index is 2.62. The van der Waals surface area contributed by atoms with Crippen molar-refractivity contribution in [3.63, 3.8) is 0 Å². The number of carbonyl (C=O) groups is 1. The molecule has 0 aromatic heterocycles. The predicted octanol–water partition coefficient (Wildman–Crippen LogP) is 2.20. The van der Waals surface area contributed by atoms with Crippen LogP contribution in [0, 0.1) is 0 Å². The molecule has 1 amide bonds. The molecular formula is C20H34BrN3O4. The minimum absolute atomic E-state index is 0.0672. The van der Waals surface area contributed by atoms with Gasteiger partial charge in [-0.05, 0) is 64.9 Å². The van der Waals surface area contributed by atoms with Gasteiger partial charge in [0, 0.05) is 23.1 Å². The van der Waals surface area contributed by atoms with Crippen molar-refractivity contribution in [1.82, 2.24) is 16.0 Å². The Kier molecular flexibility index (Phi) is 11.4. The van der Waals surface area contributed by atoms with Crippen molar-refractivity contribution in [3.8, 4) is 11.5 Å². The number of nitrogens with one attached hydrogen (secondary N) is 3. The standard InChI is InChI=1S/C20H34BrN3O4/c1-5-27-17-11-15(13-23-8-6-7-22-9-10-25)16(21)12-18(17)28-14-19(26)24-20(2,3)4/h11-12,22-23,25H,5-10,13-14H2,1-4H3,(H,24,26). The van der Waals surface area contributed by atoms with E-state index < -0.39 is 0 Å². The Morgan fingerprint density at radius 1 is 1.11 bits per heavy atom. The molecule has 0 saturated heterocycles. The van der Waals surface area contributed by atoms with Gasteiger partial charge in [-0.2, -0.15) is 0 Å². The first-order chi connectivity index (χ1) is 13.3.